The second-order valence-corrected chi connectivity index (χ2v) is 9.57. The lowest BCUT2D eigenvalue weighted by Crippen LogP contribution is -2.46. The molecule has 1 fully saturated rings. The van der Waals surface area contributed by atoms with Crippen molar-refractivity contribution in [3.8, 4) is 22.8 Å². The van der Waals surface area contributed by atoms with Gasteiger partial charge < -0.3 is 9.30 Å². The quantitative estimate of drug-likeness (QED) is 0.318. The first-order valence-electron chi connectivity index (χ1n) is 12.3. The van der Waals surface area contributed by atoms with Crippen LogP contribution in [-0.4, -0.2) is 77.5 Å². The summed E-state index contributed by atoms with van der Waals surface area (Å²) in [5.74, 6) is 1.10. The number of hydrogen-bond donors (Lipinski definition) is 0. The van der Waals surface area contributed by atoms with Gasteiger partial charge in [-0.2, -0.15) is 9.90 Å². The van der Waals surface area contributed by atoms with E-state index in [1.54, 1.807) is 14.0 Å². The first kappa shape index (κ1) is 25.5. The number of rotatable bonds is 8. The van der Waals surface area contributed by atoms with Crippen LogP contribution >= 0.6 is 11.8 Å². The van der Waals surface area contributed by atoms with E-state index in [2.05, 4.69) is 20.4 Å². The number of amides is 2. The van der Waals surface area contributed by atoms with Crippen LogP contribution in [0.1, 0.15) is 29.5 Å². The molecule has 2 amide bonds. The Morgan fingerprint density at radius 1 is 0.974 bits per heavy atom. The highest BCUT2D eigenvalue weighted by molar-refractivity contribution is 7.99. The Balaban J connectivity index is 1.28. The maximum Gasteiger partial charge on any atom is 0.294 e. The van der Waals surface area contributed by atoms with Gasteiger partial charge in [-0.15, -0.1) is 15.3 Å². The lowest BCUT2D eigenvalue weighted by atomic mass is 10.2. The van der Waals surface area contributed by atoms with E-state index in [4.69, 9.17) is 4.74 Å². The summed E-state index contributed by atoms with van der Waals surface area (Å²) in [6, 6.07) is 17.0. The van der Waals surface area contributed by atoms with Gasteiger partial charge in [-0.1, -0.05) is 30.0 Å². The van der Waals surface area contributed by atoms with Crippen LogP contribution in [0, 0.1) is 6.92 Å². The molecule has 0 saturated carbocycles. The smallest absolute Gasteiger partial charge is 0.294 e. The van der Waals surface area contributed by atoms with Crippen LogP contribution in [-0.2, 0) is 11.3 Å². The van der Waals surface area contributed by atoms with Gasteiger partial charge in [0.2, 0.25) is 0 Å². The molecule has 38 heavy (non-hydrogen) atoms. The second-order valence-electron chi connectivity index (χ2n) is 8.63. The Morgan fingerprint density at radius 3 is 2.42 bits per heavy atom. The predicted octanol–water partition coefficient (Wildman–Crippen LogP) is 3.24. The topological polar surface area (TPSA) is 111 Å². The van der Waals surface area contributed by atoms with Crippen LogP contribution < -0.4 is 4.74 Å². The monoisotopic (exact) mass is 532 g/mol. The molecule has 2 aromatic carbocycles. The molecule has 1 aliphatic heterocycles. The third kappa shape index (κ3) is 4.99. The molecule has 11 nitrogen and oxygen atoms in total. The lowest BCUT2D eigenvalue weighted by molar-refractivity contribution is -0.137. The highest BCUT2D eigenvalue weighted by Gasteiger charge is 2.34. The maximum absolute atomic E-state index is 13.4. The van der Waals surface area contributed by atoms with Crippen LogP contribution in [0.5, 0.6) is 5.75 Å². The number of hydrogen-bond acceptors (Lipinski definition) is 8. The summed E-state index contributed by atoms with van der Waals surface area (Å²) >= 11 is 1.31. The van der Waals surface area contributed by atoms with Crippen molar-refractivity contribution >= 4 is 23.6 Å². The summed E-state index contributed by atoms with van der Waals surface area (Å²) in [7, 11) is 1.62. The second kappa shape index (κ2) is 11.1. The van der Waals surface area contributed by atoms with Gasteiger partial charge in [-0.25, -0.2) is 5.01 Å². The van der Waals surface area contributed by atoms with Crippen LogP contribution in [0.4, 0.5) is 0 Å². The van der Waals surface area contributed by atoms with E-state index in [0.29, 0.717) is 36.9 Å². The van der Waals surface area contributed by atoms with E-state index < -0.39 is 0 Å². The van der Waals surface area contributed by atoms with E-state index in [0.717, 1.165) is 22.8 Å². The van der Waals surface area contributed by atoms with Crippen LogP contribution in [0.15, 0.2) is 59.8 Å². The van der Waals surface area contributed by atoms with Gasteiger partial charge in [0, 0.05) is 25.2 Å². The van der Waals surface area contributed by atoms with Crippen molar-refractivity contribution in [1.29, 1.82) is 0 Å². The van der Waals surface area contributed by atoms with E-state index >= 15 is 0 Å². The molecular formula is C26H28N8O3S. The van der Waals surface area contributed by atoms with Gasteiger partial charge in [-0.05, 0) is 56.7 Å². The minimum absolute atomic E-state index is 0.125. The number of benzene rings is 2. The Labute approximate surface area is 224 Å². The number of ether oxygens (including phenoxy) is 1. The SMILES string of the molecule is CCn1c(SCC(=O)N2CCCN2C(=O)c2nn(-c3ccccc3)nc2C)nnc1-c1ccc(OC)cc1. The molecule has 5 rings (SSSR count). The zero-order valence-electron chi connectivity index (χ0n) is 21.4. The number of carbonyl (C=O) groups excluding carboxylic acids is 2. The summed E-state index contributed by atoms with van der Waals surface area (Å²) in [5, 5.41) is 21.1. The molecule has 4 aromatic rings. The molecule has 0 aliphatic carbocycles. The van der Waals surface area contributed by atoms with Crippen molar-refractivity contribution in [2.45, 2.75) is 32.0 Å². The summed E-state index contributed by atoms with van der Waals surface area (Å²) in [6.07, 6.45) is 0.695. The van der Waals surface area contributed by atoms with Crippen LogP contribution in [0.2, 0.25) is 0 Å². The number of aromatic nitrogens is 6. The molecule has 0 bridgehead atoms. The highest BCUT2D eigenvalue weighted by Crippen LogP contribution is 2.26. The van der Waals surface area contributed by atoms with E-state index in [1.165, 1.54) is 26.6 Å². The van der Waals surface area contributed by atoms with Crippen molar-refractivity contribution in [3.63, 3.8) is 0 Å². The number of methoxy groups -OCH3 is 1. The first-order chi connectivity index (χ1) is 18.5. The minimum atomic E-state index is -0.334. The van der Waals surface area contributed by atoms with Crippen molar-refractivity contribution in [3.05, 3.63) is 66.0 Å². The fourth-order valence-corrected chi connectivity index (χ4v) is 5.16. The first-order valence-corrected chi connectivity index (χ1v) is 13.3. The predicted molar refractivity (Wildman–Crippen MR) is 142 cm³/mol. The third-order valence-electron chi connectivity index (χ3n) is 6.23. The Bertz CT molecular complexity index is 1430. The number of hydrazine groups is 1. The summed E-state index contributed by atoms with van der Waals surface area (Å²) in [4.78, 5) is 28.0. The van der Waals surface area contributed by atoms with Gasteiger partial charge in [0.1, 0.15) is 5.75 Å². The zero-order valence-corrected chi connectivity index (χ0v) is 22.3. The summed E-state index contributed by atoms with van der Waals surface area (Å²) in [6.45, 7) is 5.31. The summed E-state index contributed by atoms with van der Waals surface area (Å²) in [5.41, 5.74) is 2.41. The fourth-order valence-electron chi connectivity index (χ4n) is 4.29. The van der Waals surface area contributed by atoms with Crippen molar-refractivity contribution < 1.29 is 14.3 Å². The molecule has 0 N–H and O–H groups in total. The maximum atomic E-state index is 13.4. The van der Waals surface area contributed by atoms with E-state index in [-0.39, 0.29) is 23.3 Å². The number of aryl methyl sites for hydroxylation is 1. The number of thioether (sulfide) groups is 1. The van der Waals surface area contributed by atoms with Gasteiger partial charge in [0.25, 0.3) is 11.8 Å². The molecule has 1 aliphatic rings. The normalized spacial score (nSPS) is 13.2. The summed E-state index contributed by atoms with van der Waals surface area (Å²) < 4.78 is 7.21. The molecule has 3 heterocycles. The molecule has 196 valence electrons. The molecule has 0 spiro atoms. The van der Waals surface area contributed by atoms with Crippen LogP contribution in [0.3, 0.4) is 0 Å². The van der Waals surface area contributed by atoms with Gasteiger partial charge in [0.15, 0.2) is 16.7 Å². The standard InChI is InChI=1S/C26H28N8O3S/c1-4-31-24(19-11-13-21(37-3)14-12-19)27-28-26(31)38-17-22(35)32-15-8-16-33(32)25(36)23-18(2)29-34(30-23)20-9-6-5-7-10-20/h5-7,9-14H,4,8,15-17H2,1-3H3. The third-order valence-corrected chi connectivity index (χ3v) is 7.18. The molecule has 2 aromatic heterocycles. The highest BCUT2D eigenvalue weighted by atomic mass is 32.2. The average molecular weight is 533 g/mol. The number of para-hydroxylation sites is 1. The molecule has 1 saturated heterocycles. The average Bonchev–Trinajstić information content (AvgIpc) is 3.70. The fraction of sp³-hybridized carbons (Fsp3) is 0.308. The number of nitrogens with zero attached hydrogens (tertiary/aromatic N) is 8. The lowest BCUT2D eigenvalue weighted by Gasteiger charge is -2.27. The minimum Gasteiger partial charge on any atom is -0.497 e. The Hall–Kier alpha value is -4.19. The van der Waals surface area contributed by atoms with E-state index in [1.807, 2.05) is 66.1 Å². The van der Waals surface area contributed by atoms with E-state index in [9.17, 15) is 9.59 Å². The van der Waals surface area contributed by atoms with Crippen LogP contribution in [0.25, 0.3) is 17.1 Å². The Morgan fingerprint density at radius 2 is 1.71 bits per heavy atom. The molecule has 0 radical (unpaired) electrons. The van der Waals surface area contributed by atoms with Gasteiger partial charge in [0.05, 0.1) is 24.2 Å². The molecule has 12 heteroatoms. The largest absolute Gasteiger partial charge is 0.497 e. The Kier molecular flexibility index (Phi) is 7.40. The van der Waals surface area contributed by atoms with Crippen molar-refractivity contribution in [1.82, 2.24) is 39.8 Å². The van der Waals surface area contributed by atoms with Gasteiger partial charge >= 0.3 is 0 Å². The van der Waals surface area contributed by atoms with Crippen molar-refractivity contribution in [2.75, 3.05) is 26.0 Å². The van der Waals surface area contributed by atoms with Gasteiger partial charge in [-0.3, -0.25) is 14.6 Å². The molecule has 0 atom stereocenters. The van der Waals surface area contributed by atoms with Crippen molar-refractivity contribution in [2.24, 2.45) is 0 Å². The molecular weight excluding hydrogens is 504 g/mol. The molecule has 0 unspecified atom stereocenters. The zero-order chi connectivity index (χ0) is 26.6. The number of carbonyl (C=O) groups is 2.